The van der Waals surface area contributed by atoms with E-state index in [1.165, 1.54) is 6.26 Å². The molecule has 2 heterocycles. The zero-order valence-electron chi connectivity index (χ0n) is 15.2. The Morgan fingerprint density at radius 2 is 2.19 bits per heavy atom. The summed E-state index contributed by atoms with van der Waals surface area (Å²) in [4.78, 5) is 14.6. The van der Waals surface area contributed by atoms with Crippen molar-refractivity contribution in [3.63, 3.8) is 0 Å². The van der Waals surface area contributed by atoms with E-state index in [1.54, 1.807) is 42.2 Å². The molecule has 0 aliphatic carbocycles. The van der Waals surface area contributed by atoms with Crippen LogP contribution in [0.3, 0.4) is 0 Å². The molecule has 1 saturated heterocycles. The fourth-order valence-electron chi connectivity index (χ4n) is 3.16. The summed E-state index contributed by atoms with van der Waals surface area (Å²) in [5.74, 6) is 0.912. The Balaban J connectivity index is 1.77. The molecule has 3 rings (SSSR count). The van der Waals surface area contributed by atoms with Gasteiger partial charge in [0.25, 0.3) is 5.91 Å². The number of hydrogen-bond donors (Lipinski definition) is 0. The predicted octanol–water partition coefficient (Wildman–Crippen LogP) is 3.22. The molecule has 0 bridgehead atoms. The van der Waals surface area contributed by atoms with Crippen LogP contribution in [0.1, 0.15) is 24.7 Å². The summed E-state index contributed by atoms with van der Waals surface area (Å²) in [6.07, 6.45) is 1.17. The summed E-state index contributed by atoms with van der Waals surface area (Å²) >= 11 is 6.02. The van der Waals surface area contributed by atoms with Crippen molar-refractivity contribution in [1.82, 2.24) is 4.90 Å². The van der Waals surface area contributed by atoms with Crippen molar-refractivity contribution in [1.29, 1.82) is 0 Å². The second-order valence-corrected chi connectivity index (χ2v) is 9.41. The number of ether oxygens (including phenoxy) is 1. The predicted molar refractivity (Wildman–Crippen MR) is 103 cm³/mol. The van der Waals surface area contributed by atoms with Gasteiger partial charge in [0.1, 0.15) is 11.5 Å². The summed E-state index contributed by atoms with van der Waals surface area (Å²) < 4.78 is 34.9. The molecule has 1 aromatic heterocycles. The van der Waals surface area contributed by atoms with Gasteiger partial charge >= 0.3 is 0 Å². The lowest BCUT2D eigenvalue weighted by atomic mass is 10.2. The highest BCUT2D eigenvalue weighted by Crippen LogP contribution is 2.24. The van der Waals surface area contributed by atoms with E-state index in [4.69, 9.17) is 20.8 Å². The highest BCUT2D eigenvalue weighted by Gasteiger charge is 2.37. The monoisotopic (exact) mass is 411 g/mol. The smallest absolute Gasteiger partial charge is 0.264 e. The Kier molecular flexibility index (Phi) is 5.81. The third-order valence-electron chi connectivity index (χ3n) is 4.63. The van der Waals surface area contributed by atoms with Crippen LogP contribution in [-0.4, -0.2) is 42.9 Å². The van der Waals surface area contributed by atoms with Gasteiger partial charge in [0.15, 0.2) is 15.9 Å². The van der Waals surface area contributed by atoms with E-state index in [2.05, 4.69) is 0 Å². The van der Waals surface area contributed by atoms with Gasteiger partial charge in [-0.25, -0.2) is 8.42 Å². The SMILES string of the molecule is Cc1cc(O[C@@H](C)C(=O)N(Cc2ccco2)[C@H]2CCS(=O)(=O)C2)ccc1Cl. The lowest BCUT2D eigenvalue weighted by molar-refractivity contribution is -0.140. The Hall–Kier alpha value is -1.99. The molecule has 1 amide bonds. The summed E-state index contributed by atoms with van der Waals surface area (Å²) in [7, 11) is -3.13. The molecule has 1 aliphatic rings. The minimum Gasteiger partial charge on any atom is -0.481 e. The molecule has 1 aromatic carbocycles. The lowest BCUT2D eigenvalue weighted by Gasteiger charge is -2.30. The van der Waals surface area contributed by atoms with Gasteiger partial charge in [0.2, 0.25) is 0 Å². The summed E-state index contributed by atoms with van der Waals surface area (Å²) in [5, 5.41) is 0.622. The quantitative estimate of drug-likeness (QED) is 0.729. The van der Waals surface area contributed by atoms with Crippen LogP contribution in [0, 0.1) is 6.92 Å². The molecule has 146 valence electrons. The minimum absolute atomic E-state index is 0.0355. The number of furan rings is 1. The van der Waals surface area contributed by atoms with Crippen molar-refractivity contribution in [3.8, 4) is 5.75 Å². The van der Waals surface area contributed by atoms with Crippen molar-refractivity contribution in [3.05, 3.63) is 52.9 Å². The lowest BCUT2D eigenvalue weighted by Crippen LogP contribution is -2.46. The molecule has 27 heavy (non-hydrogen) atoms. The van der Waals surface area contributed by atoms with Gasteiger partial charge < -0.3 is 14.1 Å². The van der Waals surface area contributed by atoms with Crippen LogP contribution in [0.15, 0.2) is 41.0 Å². The van der Waals surface area contributed by atoms with Crippen molar-refractivity contribution in [2.24, 2.45) is 0 Å². The Morgan fingerprint density at radius 3 is 2.78 bits per heavy atom. The van der Waals surface area contributed by atoms with E-state index in [-0.39, 0.29) is 30.0 Å². The molecule has 0 radical (unpaired) electrons. The normalized spacial score (nSPS) is 19.6. The van der Waals surface area contributed by atoms with Crippen LogP contribution >= 0.6 is 11.6 Å². The zero-order chi connectivity index (χ0) is 19.6. The first kappa shape index (κ1) is 19.8. The fourth-order valence-corrected chi connectivity index (χ4v) is 5.01. The molecule has 6 nitrogen and oxygen atoms in total. The number of rotatable bonds is 6. The van der Waals surface area contributed by atoms with Gasteiger partial charge in [-0.3, -0.25) is 4.79 Å². The van der Waals surface area contributed by atoms with E-state index in [9.17, 15) is 13.2 Å². The van der Waals surface area contributed by atoms with Gasteiger partial charge in [-0.2, -0.15) is 0 Å². The molecule has 1 aliphatic heterocycles. The molecule has 2 aromatic rings. The summed E-state index contributed by atoms with van der Waals surface area (Å²) in [6, 6.07) is 8.30. The topological polar surface area (TPSA) is 76.8 Å². The number of aryl methyl sites for hydroxylation is 1. The maximum Gasteiger partial charge on any atom is 0.264 e. The Labute approximate surface area is 164 Å². The maximum atomic E-state index is 13.1. The number of sulfone groups is 1. The largest absolute Gasteiger partial charge is 0.481 e. The zero-order valence-corrected chi connectivity index (χ0v) is 16.8. The van der Waals surface area contributed by atoms with Crippen LogP contribution in [-0.2, 0) is 21.2 Å². The van der Waals surface area contributed by atoms with E-state index in [1.807, 2.05) is 6.92 Å². The summed E-state index contributed by atoms with van der Waals surface area (Å²) in [6.45, 7) is 3.72. The molecule has 0 unspecified atom stereocenters. The van der Waals surface area contributed by atoms with E-state index >= 15 is 0 Å². The van der Waals surface area contributed by atoms with Gasteiger partial charge in [0.05, 0.1) is 24.3 Å². The number of amides is 1. The van der Waals surface area contributed by atoms with Crippen LogP contribution in [0.2, 0.25) is 5.02 Å². The third-order valence-corrected chi connectivity index (χ3v) is 6.80. The van der Waals surface area contributed by atoms with E-state index in [0.29, 0.717) is 23.0 Å². The van der Waals surface area contributed by atoms with Crippen molar-refractivity contribution >= 4 is 27.3 Å². The average molecular weight is 412 g/mol. The first-order valence-electron chi connectivity index (χ1n) is 8.71. The molecule has 1 fully saturated rings. The Bertz CT molecular complexity index is 910. The number of hydrogen-bond acceptors (Lipinski definition) is 5. The fraction of sp³-hybridized carbons (Fsp3) is 0.421. The second-order valence-electron chi connectivity index (χ2n) is 6.77. The van der Waals surface area contributed by atoms with Crippen LogP contribution in [0.4, 0.5) is 0 Å². The molecule has 8 heteroatoms. The number of carbonyl (C=O) groups is 1. The molecule has 0 spiro atoms. The molecule has 0 N–H and O–H groups in total. The van der Waals surface area contributed by atoms with Gasteiger partial charge in [-0.1, -0.05) is 11.6 Å². The molecular formula is C19H22ClNO5S. The number of carbonyl (C=O) groups excluding carboxylic acids is 1. The molecular weight excluding hydrogens is 390 g/mol. The highest BCUT2D eigenvalue weighted by atomic mass is 35.5. The van der Waals surface area contributed by atoms with Crippen LogP contribution in [0.25, 0.3) is 0 Å². The molecule has 2 atom stereocenters. The number of halogens is 1. The first-order chi connectivity index (χ1) is 12.7. The Morgan fingerprint density at radius 1 is 1.41 bits per heavy atom. The van der Waals surface area contributed by atoms with Crippen molar-refractivity contribution < 1.29 is 22.4 Å². The van der Waals surface area contributed by atoms with E-state index in [0.717, 1.165) is 5.56 Å². The third kappa shape index (κ3) is 4.84. The second kappa shape index (κ2) is 7.94. The number of nitrogens with zero attached hydrogens (tertiary/aromatic N) is 1. The van der Waals surface area contributed by atoms with Gasteiger partial charge in [0, 0.05) is 11.1 Å². The van der Waals surface area contributed by atoms with Crippen LogP contribution in [0.5, 0.6) is 5.75 Å². The van der Waals surface area contributed by atoms with Gasteiger partial charge in [-0.15, -0.1) is 0 Å². The maximum absolute atomic E-state index is 13.1. The average Bonchev–Trinajstić information content (AvgIpc) is 3.24. The standard InChI is InChI=1S/C19H22ClNO5S/c1-13-10-16(5-6-18(13)20)26-14(2)19(22)21(11-17-4-3-8-25-17)15-7-9-27(23,24)12-15/h3-6,8,10,14-15H,7,9,11-12H2,1-2H3/t14-,15-/m0/s1. The van der Waals surface area contributed by atoms with E-state index < -0.39 is 15.9 Å². The minimum atomic E-state index is -3.13. The van der Waals surface area contributed by atoms with Crippen molar-refractivity contribution in [2.45, 2.75) is 39.0 Å². The molecule has 0 saturated carbocycles. The van der Waals surface area contributed by atoms with Crippen LogP contribution < -0.4 is 4.74 Å². The highest BCUT2D eigenvalue weighted by molar-refractivity contribution is 7.91. The van der Waals surface area contributed by atoms with Crippen molar-refractivity contribution in [2.75, 3.05) is 11.5 Å². The first-order valence-corrected chi connectivity index (χ1v) is 10.9. The number of benzene rings is 1. The van der Waals surface area contributed by atoms with Gasteiger partial charge in [-0.05, 0) is 56.2 Å². The summed E-state index contributed by atoms with van der Waals surface area (Å²) in [5.41, 5.74) is 0.850.